The quantitative estimate of drug-likeness (QED) is 0.458. The van der Waals surface area contributed by atoms with Crippen LogP contribution in [0.1, 0.15) is 90.9 Å². The van der Waals surface area contributed by atoms with Gasteiger partial charge in [-0.1, -0.05) is 58.8 Å². The Bertz CT molecular complexity index is 197. The lowest BCUT2D eigenvalue weighted by Crippen LogP contribution is -2.10. The van der Waals surface area contributed by atoms with E-state index in [2.05, 4.69) is 13.8 Å². The van der Waals surface area contributed by atoms with Gasteiger partial charge in [-0.05, 0) is 31.7 Å². The van der Waals surface area contributed by atoms with Crippen LogP contribution in [0.4, 0.5) is 0 Å². The van der Waals surface area contributed by atoms with Crippen LogP contribution in [0.5, 0.6) is 0 Å². The third-order valence-electron chi connectivity index (χ3n) is 3.91. The van der Waals surface area contributed by atoms with Gasteiger partial charge in [0.1, 0.15) is 5.78 Å². The zero-order valence-electron chi connectivity index (χ0n) is 13.3. The standard InChI is InChI=1S/C17H35NO/c1-3-5-6-7-8-9-11-17(19)13-12-16(10-4-2)14-15-18/h16H,3-15,18H2,1-2H3. The van der Waals surface area contributed by atoms with Gasteiger partial charge in [-0.3, -0.25) is 4.79 Å². The van der Waals surface area contributed by atoms with Crippen molar-refractivity contribution in [1.82, 2.24) is 0 Å². The second-order valence-corrected chi connectivity index (χ2v) is 5.83. The molecule has 0 fully saturated rings. The van der Waals surface area contributed by atoms with E-state index in [1.807, 2.05) is 0 Å². The minimum atomic E-state index is 0.466. The number of unbranched alkanes of at least 4 members (excludes halogenated alkanes) is 5. The second-order valence-electron chi connectivity index (χ2n) is 5.83. The SMILES string of the molecule is CCCCCCCCC(=O)CCC(CCC)CCN. The van der Waals surface area contributed by atoms with Crippen LogP contribution >= 0.6 is 0 Å². The topological polar surface area (TPSA) is 43.1 Å². The Labute approximate surface area is 120 Å². The molecule has 1 unspecified atom stereocenters. The molecule has 0 spiro atoms. The molecule has 0 aromatic carbocycles. The van der Waals surface area contributed by atoms with E-state index in [-0.39, 0.29) is 0 Å². The molecule has 0 aliphatic heterocycles. The van der Waals surface area contributed by atoms with Crippen molar-refractivity contribution in [3.8, 4) is 0 Å². The predicted octanol–water partition coefficient (Wildman–Crippen LogP) is 4.85. The largest absolute Gasteiger partial charge is 0.330 e. The van der Waals surface area contributed by atoms with Crippen molar-refractivity contribution in [2.45, 2.75) is 90.9 Å². The van der Waals surface area contributed by atoms with Crippen LogP contribution in [0.15, 0.2) is 0 Å². The number of ketones is 1. The van der Waals surface area contributed by atoms with Gasteiger partial charge in [0, 0.05) is 12.8 Å². The summed E-state index contributed by atoms with van der Waals surface area (Å²) in [6.07, 6.45) is 13.7. The number of rotatable bonds is 14. The zero-order chi connectivity index (χ0) is 14.3. The first-order valence-corrected chi connectivity index (χ1v) is 8.46. The molecule has 114 valence electrons. The Balaban J connectivity index is 3.50. The third kappa shape index (κ3) is 12.4. The fourth-order valence-electron chi connectivity index (χ4n) is 2.67. The average molecular weight is 269 g/mol. The molecule has 0 rings (SSSR count). The van der Waals surface area contributed by atoms with Gasteiger partial charge in [-0.25, -0.2) is 0 Å². The Kier molecular flexibility index (Phi) is 13.8. The summed E-state index contributed by atoms with van der Waals surface area (Å²) < 4.78 is 0. The summed E-state index contributed by atoms with van der Waals surface area (Å²) in [5.41, 5.74) is 5.62. The molecule has 2 N–H and O–H groups in total. The lowest BCUT2D eigenvalue weighted by molar-refractivity contribution is -0.119. The first kappa shape index (κ1) is 18.6. The molecule has 0 aromatic heterocycles. The number of Topliss-reactive ketones (excluding diaryl/α,β-unsaturated/α-hetero) is 1. The van der Waals surface area contributed by atoms with Crippen molar-refractivity contribution in [2.75, 3.05) is 6.54 Å². The van der Waals surface area contributed by atoms with Crippen molar-refractivity contribution in [1.29, 1.82) is 0 Å². The van der Waals surface area contributed by atoms with E-state index in [1.165, 1.54) is 44.9 Å². The molecular weight excluding hydrogens is 234 g/mol. The molecule has 0 amide bonds. The molecule has 0 aromatic rings. The van der Waals surface area contributed by atoms with Crippen molar-refractivity contribution >= 4 is 5.78 Å². The monoisotopic (exact) mass is 269 g/mol. The van der Waals surface area contributed by atoms with Crippen molar-refractivity contribution in [3.05, 3.63) is 0 Å². The maximum atomic E-state index is 11.8. The summed E-state index contributed by atoms with van der Waals surface area (Å²) >= 11 is 0. The summed E-state index contributed by atoms with van der Waals surface area (Å²) in [5.74, 6) is 1.14. The molecule has 2 heteroatoms. The lowest BCUT2D eigenvalue weighted by Gasteiger charge is -2.14. The second kappa shape index (κ2) is 14.0. The van der Waals surface area contributed by atoms with Gasteiger partial charge in [-0.2, -0.15) is 0 Å². The number of carbonyl (C=O) groups is 1. The van der Waals surface area contributed by atoms with Gasteiger partial charge in [-0.15, -0.1) is 0 Å². The molecule has 0 saturated carbocycles. The van der Waals surface area contributed by atoms with Gasteiger partial charge in [0.05, 0.1) is 0 Å². The van der Waals surface area contributed by atoms with E-state index in [9.17, 15) is 4.79 Å². The van der Waals surface area contributed by atoms with Gasteiger partial charge >= 0.3 is 0 Å². The van der Waals surface area contributed by atoms with Crippen LogP contribution in [-0.2, 0) is 4.79 Å². The van der Waals surface area contributed by atoms with Gasteiger partial charge in [0.2, 0.25) is 0 Å². The zero-order valence-corrected chi connectivity index (χ0v) is 13.3. The molecule has 1 atom stereocenters. The van der Waals surface area contributed by atoms with Crippen LogP contribution < -0.4 is 5.73 Å². The maximum Gasteiger partial charge on any atom is 0.132 e. The van der Waals surface area contributed by atoms with Crippen molar-refractivity contribution < 1.29 is 4.79 Å². The van der Waals surface area contributed by atoms with E-state index in [0.717, 1.165) is 38.6 Å². The van der Waals surface area contributed by atoms with Crippen LogP contribution in [0.3, 0.4) is 0 Å². The molecule has 0 radical (unpaired) electrons. The van der Waals surface area contributed by atoms with Gasteiger partial charge in [0.15, 0.2) is 0 Å². The van der Waals surface area contributed by atoms with Crippen LogP contribution in [0.2, 0.25) is 0 Å². The Morgan fingerprint density at radius 3 is 2.16 bits per heavy atom. The highest BCUT2D eigenvalue weighted by atomic mass is 16.1. The molecule has 0 aliphatic rings. The number of nitrogens with two attached hydrogens (primary N) is 1. The highest BCUT2D eigenvalue weighted by molar-refractivity contribution is 5.78. The summed E-state index contributed by atoms with van der Waals surface area (Å²) in [7, 11) is 0. The van der Waals surface area contributed by atoms with E-state index in [4.69, 9.17) is 5.73 Å². The van der Waals surface area contributed by atoms with E-state index >= 15 is 0 Å². The molecule has 0 aliphatic carbocycles. The Hall–Kier alpha value is -0.370. The lowest BCUT2D eigenvalue weighted by atomic mass is 9.92. The summed E-state index contributed by atoms with van der Waals surface area (Å²) in [5, 5.41) is 0. The minimum absolute atomic E-state index is 0.466. The molecule has 0 bridgehead atoms. The fourth-order valence-corrected chi connectivity index (χ4v) is 2.67. The minimum Gasteiger partial charge on any atom is -0.330 e. The molecule has 19 heavy (non-hydrogen) atoms. The van der Waals surface area contributed by atoms with Crippen LogP contribution in [0.25, 0.3) is 0 Å². The first-order chi connectivity index (χ1) is 9.24. The molecule has 0 heterocycles. The van der Waals surface area contributed by atoms with E-state index in [1.54, 1.807) is 0 Å². The maximum absolute atomic E-state index is 11.8. The fraction of sp³-hybridized carbons (Fsp3) is 0.941. The normalized spacial score (nSPS) is 12.6. The summed E-state index contributed by atoms with van der Waals surface area (Å²) in [4.78, 5) is 11.8. The Morgan fingerprint density at radius 2 is 1.53 bits per heavy atom. The highest BCUT2D eigenvalue weighted by Gasteiger charge is 2.09. The molecule has 0 saturated heterocycles. The molecular formula is C17H35NO. The van der Waals surface area contributed by atoms with Crippen LogP contribution in [-0.4, -0.2) is 12.3 Å². The third-order valence-corrected chi connectivity index (χ3v) is 3.91. The number of hydrogen-bond donors (Lipinski definition) is 1. The average Bonchev–Trinajstić information content (AvgIpc) is 2.40. The van der Waals surface area contributed by atoms with Crippen molar-refractivity contribution in [2.24, 2.45) is 11.7 Å². The number of hydrogen-bond acceptors (Lipinski definition) is 2. The summed E-state index contributed by atoms with van der Waals surface area (Å²) in [6.45, 7) is 5.20. The number of carbonyl (C=O) groups excluding carboxylic acids is 1. The van der Waals surface area contributed by atoms with E-state index in [0.29, 0.717) is 11.7 Å². The summed E-state index contributed by atoms with van der Waals surface area (Å²) in [6, 6.07) is 0. The van der Waals surface area contributed by atoms with E-state index < -0.39 is 0 Å². The highest BCUT2D eigenvalue weighted by Crippen LogP contribution is 2.18. The predicted molar refractivity (Wildman–Crippen MR) is 84.3 cm³/mol. The first-order valence-electron chi connectivity index (χ1n) is 8.46. The van der Waals surface area contributed by atoms with Gasteiger partial charge in [0.25, 0.3) is 0 Å². The molecule has 2 nitrogen and oxygen atoms in total. The smallest absolute Gasteiger partial charge is 0.132 e. The Morgan fingerprint density at radius 1 is 0.842 bits per heavy atom. The van der Waals surface area contributed by atoms with Gasteiger partial charge < -0.3 is 5.73 Å². The van der Waals surface area contributed by atoms with Crippen LogP contribution in [0, 0.1) is 5.92 Å². The van der Waals surface area contributed by atoms with Crippen molar-refractivity contribution in [3.63, 3.8) is 0 Å².